The fraction of sp³-hybridized carbons (Fsp3) is 0.556. The van der Waals surface area contributed by atoms with Gasteiger partial charge in [0, 0.05) is 51.3 Å². The zero-order chi connectivity index (χ0) is 26.8. The van der Waals surface area contributed by atoms with E-state index in [1.807, 2.05) is 17.0 Å². The van der Waals surface area contributed by atoms with Gasteiger partial charge in [0.15, 0.2) is 5.82 Å². The number of carbonyl (C=O) groups excluding carboxylic acids is 2. The number of aromatic nitrogens is 2. The summed E-state index contributed by atoms with van der Waals surface area (Å²) in [6, 6.07) is 3.76. The van der Waals surface area contributed by atoms with Crippen molar-refractivity contribution in [1.29, 1.82) is 0 Å². The molecule has 204 valence electrons. The summed E-state index contributed by atoms with van der Waals surface area (Å²) < 4.78 is 12.2. The molecule has 3 aliphatic rings. The lowest BCUT2D eigenvalue weighted by atomic mass is 10.00. The number of piperazine rings is 1. The molecule has 0 aliphatic carbocycles. The second-order valence-electron chi connectivity index (χ2n) is 10.5. The van der Waals surface area contributed by atoms with Gasteiger partial charge in [-0.3, -0.25) is 9.59 Å². The maximum absolute atomic E-state index is 12.9. The van der Waals surface area contributed by atoms with Gasteiger partial charge >= 0.3 is 0 Å². The maximum atomic E-state index is 12.9. The number of amides is 2. The third-order valence-electron chi connectivity index (χ3n) is 7.29. The summed E-state index contributed by atoms with van der Waals surface area (Å²) in [6.45, 7) is 7.07. The first-order chi connectivity index (χ1) is 18.3. The Morgan fingerprint density at radius 3 is 2.89 bits per heavy atom. The van der Waals surface area contributed by atoms with Crippen LogP contribution in [0.25, 0.3) is 0 Å². The highest BCUT2D eigenvalue weighted by Crippen LogP contribution is 2.40. The highest BCUT2D eigenvalue weighted by molar-refractivity contribution is 6.32. The maximum Gasteiger partial charge on any atom is 0.227 e. The minimum absolute atomic E-state index is 0.0575. The Morgan fingerprint density at radius 2 is 2.08 bits per heavy atom. The Labute approximate surface area is 228 Å². The van der Waals surface area contributed by atoms with Crippen LogP contribution < -0.4 is 19.9 Å². The van der Waals surface area contributed by atoms with E-state index in [9.17, 15) is 9.59 Å². The largest absolute Gasteiger partial charge is 0.489 e. The standard InChI is InChI=1S/C27H35ClN6O4/c1-17(2)4-6-24(36)33-8-9-34-20(15-33)16-37-10-11-38-22-13-19(30-26-21(28)14-29-27(34)31-26)12-18-5-7-23(35)32(3)25(18)22/h12-14,17,20H,4-11,15-16H2,1-3H3,(H,29,30,31)/t20-/m1/s1. The van der Waals surface area contributed by atoms with Crippen LogP contribution in [0.3, 0.4) is 0 Å². The Hall–Kier alpha value is -3.11. The quantitative estimate of drug-likeness (QED) is 0.627. The summed E-state index contributed by atoms with van der Waals surface area (Å²) in [6.07, 6.45) is 4.09. The van der Waals surface area contributed by atoms with Crippen LogP contribution in [-0.2, 0) is 20.7 Å². The molecule has 0 unspecified atom stereocenters. The van der Waals surface area contributed by atoms with Crippen molar-refractivity contribution >= 4 is 46.6 Å². The Kier molecular flexibility index (Phi) is 7.90. The molecular formula is C27H35ClN6O4. The van der Waals surface area contributed by atoms with Gasteiger partial charge in [0.1, 0.15) is 17.4 Å². The second-order valence-corrected chi connectivity index (χ2v) is 10.9. The van der Waals surface area contributed by atoms with Gasteiger partial charge in [-0.05, 0) is 30.4 Å². The summed E-state index contributed by atoms with van der Waals surface area (Å²) in [4.78, 5) is 40.2. The minimum Gasteiger partial charge on any atom is -0.489 e. The lowest BCUT2D eigenvalue weighted by Crippen LogP contribution is -2.57. The first kappa shape index (κ1) is 26.5. The smallest absolute Gasteiger partial charge is 0.227 e. The van der Waals surface area contributed by atoms with Crippen LogP contribution in [0, 0.1) is 5.92 Å². The fourth-order valence-corrected chi connectivity index (χ4v) is 5.30. The Bertz CT molecular complexity index is 1210. The molecule has 2 amide bonds. The van der Waals surface area contributed by atoms with E-state index < -0.39 is 0 Å². The number of hydrogen-bond donors (Lipinski definition) is 1. The lowest BCUT2D eigenvalue weighted by molar-refractivity contribution is -0.132. The Balaban J connectivity index is 1.44. The second kappa shape index (κ2) is 11.3. The zero-order valence-corrected chi connectivity index (χ0v) is 23.0. The molecule has 4 heterocycles. The zero-order valence-electron chi connectivity index (χ0n) is 22.2. The molecule has 0 radical (unpaired) electrons. The van der Waals surface area contributed by atoms with Crippen LogP contribution in [0.5, 0.6) is 5.75 Å². The summed E-state index contributed by atoms with van der Waals surface area (Å²) in [5.41, 5.74) is 2.56. The van der Waals surface area contributed by atoms with Gasteiger partial charge in [-0.25, -0.2) is 4.98 Å². The lowest BCUT2D eigenvalue weighted by Gasteiger charge is -2.41. The van der Waals surface area contributed by atoms with Gasteiger partial charge in [0.25, 0.3) is 0 Å². The van der Waals surface area contributed by atoms with Crippen molar-refractivity contribution in [2.75, 3.05) is 61.6 Å². The van der Waals surface area contributed by atoms with Crippen LogP contribution >= 0.6 is 11.6 Å². The van der Waals surface area contributed by atoms with Crippen molar-refractivity contribution in [3.63, 3.8) is 0 Å². The molecule has 0 spiro atoms. The number of benzene rings is 1. The van der Waals surface area contributed by atoms with Gasteiger partial charge in [-0.15, -0.1) is 0 Å². The summed E-state index contributed by atoms with van der Waals surface area (Å²) in [7, 11) is 1.77. The van der Waals surface area contributed by atoms with E-state index in [2.05, 4.69) is 29.0 Å². The molecule has 1 aromatic heterocycles. The number of nitrogens with zero attached hydrogens (tertiary/aromatic N) is 5. The molecule has 1 N–H and O–H groups in total. The average molecular weight is 543 g/mol. The third-order valence-corrected chi connectivity index (χ3v) is 7.57. The number of hydrogen-bond acceptors (Lipinski definition) is 8. The number of aryl methyl sites for hydroxylation is 1. The summed E-state index contributed by atoms with van der Waals surface area (Å²) >= 11 is 6.51. The van der Waals surface area contributed by atoms with Crippen molar-refractivity contribution in [3.8, 4) is 5.75 Å². The number of rotatable bonds is 3. The summed E-state index contributed by atoms with van der Waals surface area (Å²) in [5.74, 6) is 2.33. The predicted molar refractivity (Wildman–Crippen MR) is 147 cm³/mol. The van der Waals surface area contributed by atoms with Crippen LogP contribution in [-0.4, -0.2) is 79.2 Å². The van der Waals surface area contributed by atoms with Gasteiger partial charge in [-0.2, -0.15) is 4.98 Å². The molecule has 0 saturated carbocycles. The predicted octanol–water partition coefficient (Wildman–Crippen LogP) is 3.65. The molecule has 1 saturated heterocycles. The van der Waals surface area contributed by atoms with Gasteiger partial charge in [-0.1, -0.05) is 25.4 Å². The number of nitrogens with one attached hydrogen (secondary N) is 1. The van der Waals surface area contributed by atoms with Crippen LogP contribution in [0.2, 0.25) is 5.02 Å². The monoisotopic (exact) mass is 542 g/mol. The third kappa shape index (κ3) is 5.66. The highest BCUT2D eigenvalue weighted by atomic mass is 35.5. The summed E-state index contributed by atoms with van der Waals surface area (Å²) in [5, 5.41) is 3.74. The van der Waals surface area contributed by atoms with E-state index in [4.69, 9.17) is 26.1 Å². The molecule has 2 aromatic rings. The van der Waals surface area contributed by atoms with Crippen LogP contribution in [0.1, 0.15) is 38.7 Å². The number of anilines is 4. The molecule has 1 atom stereocenters. The molecule has 5 rings (SSSR count). The number of carbonyl (C=O) groups is 2. The highest BCUT2D eigenvalue weighted by Gasteiger charge is 2.32. The first-order valence-corrected chi connectivity index (χ1v) is 13.7. The molecule has 38 heavy (non-hydrogen) atoms. The molecule has 1 fully saturated rings. The average Bonchev–Trinajstić information content (AvgIpc) is 2.90. The van der Waals surface area contributed by atoms with Crippen molar-refractivity contribution in [1.82, 2.24) is 14.9 Å². The van der Waals surface area contributed by atoms with Gasteiger partial charge < -0.3 is 29.5 Å². The number of ether oxygens (including phenoxy) is 2. The fourth-order valence-electron chi connectivity index (χ4n) is 5.16. The van der Waals surface area contributed by atoms with Gasteiger partial charge in [0.2, 0.25) is 17.8 Å². The number of fused-ring (bicyclic) bond motifs is 8. The van der Waals surface area contributed by atoms with E-state index >= 15 is 0 Å². The topological polar surface area (TPSA) is 100 Å². The molecule has 3 aliphatic heterocycles. The molecule has 1 aromatic carbocycles. The SMILES string of the molecule is CC(C)CCC(=O)N1CCN2c3ncc(Cl)c(n3)Nc3cc4c(c(c3)OCCOC[C@H]2C1)N(C)C(=O)CC4. The van der Waals surface area contributed by atoms with Crippen molar-refractivity contribution in [3.05, 3.63) is 28.9 Å². The Morgan fingerprint density at radius 1 is 1.24 bits per heavy atom. The van der Waals surface area contributed by atoms with E-state index in [0.29, 0.717) is 87.2 Å². The molecular weight excluding hydrogens is 508 g/mol. The van der Waals surface area contributed by atoms with Crippen LogP contribution in [0.4, 0.5) is 23.1 Å². The minimum atomic E-state index is -0.113. The van der Waals surface area contributed by atoms with Gasteiger partial charge in [0.05, 0.1) is 31.1 Å². The van der Waals surface area contributed by atoms with Crippen molar-refractivity contribution in [2.24, 2.45) is 5.92 Å². The van der Waals surface area contributed by atoms with E-state index in [1.54, 1.807) is 18.1 Å². The first-order valence-electron chi connectivity index (χ1n) is 13.3. The van der Waals surface area contributed by atoms with Crippen LogP contribution in [0.15, 0.2) is 18.3 Å². The van der Waals surface area contributed by atoms with Crippen molar-refractivity contribution < 1.29 is 19.1 Å². The number of halogens is 1. The van der Waals surface area contributed by atoms with E-state index in [1.165, 1.54) is 0 Å². The normalized spacial score (nSPS) is 19.8. The molecule has 4 bridgehead atoms. The van der Waals surface area contributed by atoms with E-state index in [-0.39, 0.29) is 17.9 Å². The molecule has 10 nitrogen and oxygen atoms in total. The molecule has 11 heteroatoms. The van der Waals surface area contributed by atoms with E-state index in [0.717, 1.165) is 23.4 Å². The van der Waals surface area contributed by atoms with Crippen molar-refractivity contribution in [2.45, 2.75) is 45.6 Å².